The summed E-state index contributed by atoms with van der Waals surface area (Å²) >= 11 is 6.38. The van der Waals surface area contributed by atoms with E-state index in [-0.39, 0.29) is 6.61 Å². The molecular weight excluding hydrogens is 272 g/mol. The number of aliphatic hydroxyl groups is 1. The van der Waals surface area contributed by atoms with Gasteiger partial charge in [-0.05, 0) is 36.2 Å². The Hall–Kier alpha value is -1.29. The Kier molecular flexibility index (Phi) is 2.71. The smallest absolute Gasteiger partial charge is 0.110 e. The molecule has 1 aliphatic carbocycles. The first-order chi connectivity index (χ1) is 9.69. The van der Waals surface area contributed by atoms with Gasteiger partial charge in [0.05, 0.1) is 6.61 Å². The quantitative estimate of drug-likeness (QED) is 0.792. The summed E-state index contributed by atoms with van der Waals surface area (Å²) in [5.41, 5.74) is 4.80. The lowest BCUT2D eigenvalue weighted by Crippen LogP contribution is -2.44. The van der Waals surface area contributed by atoms with Crippen LogP contribution in [0.5, 0.6) is 0 Å². The molecule has 0 fully saturated rings. The maximum absolute atomic E-state index is 9.47. The Morgan fingerprint density at radius 2 is 2.30 bits per heavy atom. The maximum atomic E-state index is 9.47. The van der Waals surface area contributed by atoms with Gasteiger partial charge in [-0.1, -0.05) is 29.8 Å². The van der Waals surface area contributed by atoms with E-state index in [9.17, 15) is 5.11 Å². The highest BCUT2D eigenvalue weighted by Gasteiger charge is 2.36. The average molecular weight is 289 g/mol. The number of likely N-dealkylation sites (N-methyl/N-ethyl adjacent to an activating group) is 1. The van der Waals surface area contributed by atoms with Crippen LogP contribution in [0.2, 0.25) is 5.15 Å². The minimum absolute atomic E-state index is 0.143. The third kappa shape index (κ3) is 1.60. The Morgan fingerprint density at radius 3 is 3.10 bits per heavy atom. The Labute approximate surface area is 122 Å². The fourth-order valence-electron chi connectivity index (χ4n) is 3.81. The second kappa shape index (κ2) is 4.35. The van der Waals surface area contributed by atoms with Crippen LogP contribution in [0.15, 0.2) is 29.8 Å². The van der Waals surface area contributed by atoms with Crippen LogP contribution in [0.3, 0.4) is 0 Å². The first kappa shape index (κ1) is 12.5. The van der Waals surface area contributed by atoms with Crippen LogP contribution < -0.4 is 0 Å². The number of aliphatic hydroxyl groups excluding tert-OH is 1. The van der Waals surface area contributed by atoms with Crippen molar-refractivity contribution in [2.24, 2.45) is 0 Å². The largest absolute Gasteiger partial charge is 0.392 e. The van der Waals surface area contributed by atoms with E-state index in [2.05, 4.69) is 41.2 Å². The van der Waals surface area contributed by atoms with E-state index < -0.39 is 0 Å². The molecule has 0 bridgehead atoms. The molecule has 20 heavy (non-hydrogen) atoms. The van der Waals surface area contributed by atoms with Crippen molar-refractivity contribution in [1.82, 2.24) is 9.88 Å². The number of aromatic nitrogens is 1. The minimum Gasteiger partial charge on any atom is -0.392 e. The van der Waals surface area contributed by atoms with Gasteiger partial charge < -0.3 is 10.1 Å². The van der Waals surface area contributed by atoms with Crippen molar-refractivity contribution >= 4 is 22.5 Å². The van der Waals surface area contributed by atoms with Gasteiger partial charge in [0.25, 0.3) is 0 Å². The number of rotatable bonds is 1. The van der Waals surface area contributed by atoms with Crippen molar-refractivity contribution in [3.05, 3.63) is 46.1 Å². The van der Waals surface area contributed by atoms with Crippen LogP contribution in [-0.4, -0.2) is 41.2 Å². The van der Waals surface area contributed by atoms with Crippen molar-refractivity contribution in [3.63, 3.8) is 0 Å². The van der Waals surface area contributed by atoms with Gasteiger partial charge in [0.15, 0.2) is 0 Å². The van der Waals surface area contributed by atoms with E-state index in [1.165, 1.54) is 16.5 Å². The van der Waals surface area contributed by atoms with Crippen LogP contribution in [-0.2, 0) is 6.42 Å². The van der Waals surface area contributed by atoms with Gasteiger partial charge in [-0.15, -0.1) is 0 Å². The van der Waals surface area contributed by atoms with Crippen LogP contribution in [0.1, 0.15) is 17.0 Å². The molecule has 0 radical (unpaired) electrons. The number of H-pyrrole nitrogens is 1. The summed E-state index contributed by atoms with van der Waals surface area (Å²) in [4.78, 5) is 5.62. The molecule has 1 aliphatic heterocycles. The Balaban J connectivity index is 1.97. The molecule has 2 aliphatic rings. The van der Waals surface area contributed by atoms with Crippen molar-refractivity contribution in [2.75, 3.05) is 20.2 Å². The number of fused-ring (bicyclic) bond motifs is 2. The molecule has 4 heteroatoms. The first-order valence-electron chi connectivity index (χ1n) is 6.98. The molecule has 0 amide bonds. The van der Waals surface area contributed by atoms with E-state index in [1.54, 1.807) is 0 Å². The highest BCUT2D eigenvalue weighted by Crippen LogP contribution is 2.43. The SMILES string of the molecule is CN1CC(CO)=CC2c3cccc4[nH]c(Cl)c(c34)CC21. The number of hydrogen-bond acceptors (Lipinski definition) is 2. The molecule has 0 spiro atoms. The average Bonchev–Trinajstić information content (AvgIpc) is 2.77. The van der Waals surface area contributed by atoms with Gasteiger partial charge in [0.2, 0.25) is 0 Å². The predicted molar refractivity (Wildman–Crippen MR) is 81.3 cm³/mol. The van der Waals surface area contributed by atoms with Crippen molar-refractivity contribution in [1.29, 1.82) is 0 Å². The summed E-state index contributed by atoms with van der Waals surface area (Å²) in [5, 5.41) is 11.5. The lowest BCUT2D eigenvalue weighted by atomic mass is 9.77. The molecule has 3 nitrogen and oxygen atoms in total. The zero-order valence-electron chi connectivity index (χ0n) is 11.4. The van der Waals surface area contributed by atoms with Crippen LogP contribution in [0.4, 0.5) is 0 Å². The monoisotopic (exact) mass is 288 g/mol. The zero-order chi connectivity index (χ0) is 13.9. The van der Waals surface area contributed by atoms with E-state index in [1.807, 2.05) is 0 Å². The van der Waals surface area contributed by atoms with Crippen LogP contribution in [0, 0.1) is 0 Å². The van der Waals surface area contributed by atoms with Crippen LogP contribution in [0.25, 0.3) is 10.9 Å². The van der Waals surface area contributed by atoms with Crippen molar-refractivity contribution < 1.29 is 5.11 Å². The van der Waals surface area contributed by atoms with E-state index in [0.29, 0.717) is 12.0 Å². The number of nitrogens with one attached hydrogen (secondary N) is 1. The maximum Gasteiger partial charge on any atom is 0.110 e. The molecule has 4 rings (SSSR count). The molecule has 1 aromatic carbocycles. The number of aromatic amines is 1. The van der Waals surface area contributed by atoms with Gasteiger partial charge in [0.1, 0.15) is 5.15 Å². The van der Waals surface area contributed by atoms with Gasteiger partial charge >= 0.3 is 0 Å². The van der Waals surface area contributed by atoms with E-state index in [0.717, 1.165) is 29.2 Å². The normalized spacial score (nSPS) is 25.6. The summed E-state index contributed by atoms with van der Waals surface area (Å²) in [6.45, 7) is 0.981. The molecule has 2 aromatic rings. The lowest BCUT2D eigenvalue weighted by Gasteiger charge is -2.41. The summed E-state index contributed by atoms with van der Waals surface area (Å²) < 4.78 is 0. The number of benzene rings is 1. The van der Waals surface area contributed by atoms with E-state index in [4.69, 9.17) is 11.6 Å². The molecule has 1 aromatic heterocycles. The Bertz CT molecular complexity index is 719. The number of nitrogens with zero attached hydrogens (tertiary/aromatic N) is 1. The molecule has 2 unspecified atom stereocenters. The molecule has 2 N–H and O–H groups in total. The predicted octanol–water partition coefficient (Wildman–Crippen LogP) is 2.69. The number of halogens is 1. The highest BCUT2D eigenvalue weighted by atomic mass is 35.5. The second-order valence-corrected chi connectivity index (χ2v) is 6.26. The summed E-state index contributed by atoms with van der Waals surface area (Å²) in [6.07, 6.45) is 3.22. The van der Waals surface area contributed by atoms with Crippen molar-refractivity contribution in [2.45, 2.75) is 18.4 Å². The third-order valence-corrected chi connectivity index (χ3v) is 5.05. The standard InChI is InChI=1S/C16H17ClN2O/c1-19-7-9(8-20)5-11-10-3-2-4-13-15(10)12(6-14(11)19)16(17)18-13/h2-5,11,14,18,20H,6-8H2,1H3. The van der Waals surface area contributed by atoms with E-state index >= 15 is 0 Å². The minimum atomic E-state index is 0.143. The fraction of sp³-hybridized carbons (Fsp3) is 0.375. The molecule has 104 valence electrons. The topological polar surface area (TPSA) is 39.3 Å². The summed E-state index contributed by atoms with van der Waals surface area (Å²) in [6, 6.07) is 6.78. The molecule has 2 atom stereocenters. The molecular formula is C16H17ClN2O. The zero-order valence-corrected chi connectivity index (χ0v) is 12.1. The third-order valence-electron chi connectivity index (χ3n) is 4.73. The lowest BCUT2D eigenvalue weighted by molar-refractivity contribution is 0.208. The van der Waals surface area contributed by atoms with Gasteiger partial charge in [-0.3, -0.25) is 4.90 Å². The summed E-state index contributed by atoms with van der Waals surface area (Å²) in [5.74, 6) is 0.346. The first-order valence-corrected chi connectivity index (χ1v) is 7.36. The van der Waals surface area contributed by atoms with Gasteiger partial charge in [-0.25, -0.2) is 0 Å². The molecule has 0 saturated heterocycles. The summed E-state index contributed by atoms with van der Waals surface area (Å²) in [7, 11) is 2.13. The Morgan fingerprint density at radius 1 is 1.45 bits per heavy atom. The van der Waals surface area contributed by atoms with Gasteiger partial charge in [-0.2, -0.15) is 0 Å². The second-order valence-electron chi connectivity index (χ2n) is 5.88. The highest BCUT2D eigenvalue weighted by molar-refractivity contribution is 6.32. The molecule has 0 saturated carbocycles. The van der Waals surface area contributed by atoms with Gasteiger partial charge in [0, 0.05) is 29.4 Å². The van der Waals surface area contributed by atoms with Crippen LogP contribution >= 0.6 is 11.6 Å². The molecule has 2 heterocycles. The fourth-order valence-corrected chi connectivity index (χ4v) is 4.08. The van der Waals surface area contributed by atoms with Crippen molar-refractivity contribution in [3.8, 4) is 0 Å². The number of hydrogen-bond donors (Lipinski definition) is 2.